The van der Waals surface area contributed by atoms with Gasteiger partial charge in [0.05, 0.1) is 8.07 Å². The molecule has 0 atom stereocenters. The molecule has 0 aromatic carbocycles. The molecule has 0 nitrogen and oxygen atoms in total. The Kier molecular flexibility index (Phi) is 6.21. The molecule has 103 valence electrons. The van der Waals surface area contributed by atoms with Gasteiger partial charge in [0.25, 0.3) is 0 Å². The van der Waals surface area contributed by atoms with Gasteiger partial charge in [-0.3, -0.25) is 0 Å². The molecule has 0 saturated heterocycles. The Bertz CT molecular complexity index is 205. The lowest BCUT2D eigenvalue weighted by Gasteiger charge is -2.48. The Morgan fingerprint density at radius 3 is 1.29 bits per heavy atom. The Morgan fingerprint density at radius 2 is 1.12 bits per heavy atom. The molecule has 0 saturated carbocycles. The zero-order valence-corrected chi connectivity index (χ0v) is 15.9. The molecule has 0 aromatic rings. The first-order valence-electron chi connectivity index (χ1n) is 7.29. The fraction of sp³-hybridized carbons (Fsp3) is 1.00. The molecule has 0 rings (SSSR count). The van der Waals surface area contributed by atoms with Crippen LogP contribution >= 0.6 is 0 Å². The van der Waals surface area contributed by atoms with E-state index in [-0.39, 0.29) is 8.80 Å². The Balaban J connectivity index is 5.34. The summed E-state index contributed by atoms with van der Waals surface area (Å²) < 4.78 is 0. The summed E-state index contributed by atoms with van der Waals surface area (Å²) in [6.45, 7) is 24.9. The summed E-state index contributed by atoms with van der Waals surface area (Å²) >= 11 is 0. The third-order valence-corrected chi connectivity index (χ3v) is 16.5. The van der Waals surface area contributed by atoms with Gasteiger partial charge < -0.3 is 0 Å². The highest BCUT2D eigenvalue weighted by Gasteiger charge is 2.46. The lowest BCUT2D eigenvalue weighted by Crippen LogP contribution is -2.48. The maximum absolute atomic E-state index is 2.52. The molecular formula is C15H35Si2. The van der Waals surface area contributed by atoms with Crippen LogP contribution in [0.4, 0.5) is 0 Å². The van der Waals surface area contributed by atoms with Crippen LogP contribution in [0, 0.1) is 0 Å². The predicted molar refractivity (Wildman–Crippen MR) is 87.4 cm³/mol. The minimum atomic E-state index is -1.20. The van der Waals surface area contributed by atoms with Crippen LogP contribution in [0.5, 0.6) is 0 Å². The molecule has 0 spiro atoms. The monoisotopic (exact) mass is 271 g/mol. The van der Waals surface area contributed by atoms with Gasteiger partial charge in [0.1, 0.15) is 0 Å². The minimum absolute atomic E-state index is 0.208. The molecule has 0 aliphatic carbocycles. The van der Waals surface area contributed by atoms with Crippen molar-refractivity contribution in [3.63, 3.8) is 0 Å². The van der Waals surface area contributed by atoms with Gasteiger partial charge in [0.15, 0.2) is 0 Å². The normalized spacial score (nSPS) is 14.5. The maximum atomic E-state index is 2.52. The first-order valence-corrected chi connectivity index (χ1v) is 12.2. The molecule has 0 fully saturated rings. The third kappa shape index (κ3) is 3.70. The van der Waals surface area contributed by atoms with Gasteiger partial charge in [-0.25, -0.2) is 0 Å². The molecule has 0 aliphatic heterocycles. The highest BCUT2D eigenvalue weighted by atomic mass is 28.3. The first-order chi connectivity index (χ1) is 7.48. The average Bonchev–Trinajstić information content (AvgIpc) is 2.12. The standard InChI is InChI=1S/C15H35Si2/c1-12(2)17(13(3)4,14(5)6)11-15(7,8)16(9)10/h12-14H,11H2,1-10H3. The van der Waals surface area contributed by atoms with E-state index in [4.69, 9.17) is 0 Å². The Morgan fingerprint density at radius 1 is 0.824 bits per heavy atom. The van der Waals surface area contributed by atoms with Gasteiger partial charge in [-0.15, -0.1) is 0 Å². The lowest BCUT2D eigenvalue weighted by molar-refractivity contribution is 0.676. The third-order valence-electron chi connectivity index (χ3n) is 5.33. The lowest BCUT2D eigenvalue weighted by atomic mass is 10.2. The number of hydrogen-bond donors (Lipinski definition) is 0. The summed E-state index contributed by atoms with van der Waals surface area (Å²) in [6, 6.07) is 1.52. The average molecular weight is 272 g/mol. The van der Waals surface area contributed by atoms with Crippen molar-refractivity contribution in [3.8, 4) is 0 Å². The maximum Gasteiger partial charge on any atom is 0.0615 e. The summed E-state index contributed by atoms with van der Waals surface area (Å²) in [4.78, 5) is 0. The van der Waals surface area contributed by atoms with Crippen molar-refractivity contribution < 1.29 is 0 Å². The van der Waals surface area contributed by atoms with Gasteiger partial charge in [0, 0.05) is 8.80 Å². The summed E-state index contributed by atoms with van der Waals surface area (Å²) in [6.07, 6.45) is 0. The van der Waals surface area contributed by atoms with Crippen molar-refractivity contribution in [1.82, 2.24) is 0 Å². The van der Waals surface area contributed by atoms with E-state index in [9.17, 15) is 0 Å². The van der Waals surface area contributed by atoms with Crippen LogP contribution in [0.15, 0.2) is 0 Å². The van der Waals surface area contributed by atoms with Crippen LogP contribution in [-0.2, 0) is 0 Å². The van der Waals surface area contributed by atoms with E-state index in [0.717, 1.165) is 16.6 Å². The van der Waals surface area contributed by atoms with E-state index in [0.29, 0.717) is 5.04 Å². The van der Waals surface area contributed by atoms with E-state index in [1.165, 1.54) is 6.04 Å². The van der Waals surface area contributed by atoms with Crippen molar-refractivity contribution in [2.24, 2.45) is 0 Å². The fourth-order valence-corrected chi connectivity index (χ4v) is 12.6. The van der Waals surface area contributed by atoms with E-state index in [1.54, 1.807) is 0 Å². The fourth-order valence-electron chi connectivity index (χ4n) is 3.55. The quantitative estimate of drug-likeness (QED) is 0.505. The summed E-state index contributed by atoms with van der Waals surface area (Å²) in [5.74, 6) is 0. The van der Waals surface area contributed by atoms with E-state index in [2.05, 4.69) is 68.5 Å². The molecule has 0 amide bonds. The summed E-state index contributed by atoms with van der Waals surface area (Å²) in [5, 5.41) is 0.593. The Labute approximate surface area is 113 Å². The molecule has 0 aromatic heterocycles. The first kappa shape index (κ1) is 17.4. The van der Waals surface area contributed by atoms with Gasteiger partial charge in [-0.1, -0.05) is 91.2 Å². The molecule has 0 heterocycles. The minimum Gasteiger partial charge on any atom is -0.0709 e. The van der Waals surface area contributed by atoms with Crippen LogP contribution in [0.2, 0.25) is 40.8 Å². The molecule has 0 bridgehead atoms. The Hall–Kier alpha value is 0.434. The van der Waals surface area contributed by atoms with Gasteiger partial charge in [-0.05, 0) is 5.04 Å². The van der Waals surface area contributed by atoms with Gasteiger partial charge in [-0.2, -0.15) is 0 Å². The van der Waals surface area contributed by atoms with E-state index < -0.39 is 8.07 Å². The molecule has 0 N–H and O–H groups in total. The largest absolute Gasteiger partial charge is 0.0709 e. The van der Waals surface area contributed by atoms with Gasteiger partial charge >= 0.3 is 0 Å². The zero-order valence-electron chi connectivity index (χ0n) is 13.9. The second-order valence-electron chi connectivity index (χ2n) is 7.64. The molecule has 0 aliphatic rings. The number of hydrogen-bond acceptors (Lipinski definition) is 0. The van der Waals surface area contributed by atoms with Crippen LogP contribution in [-0.4, -0.2) is 16.9 Å². The van der Waals surface area contributed by atoms with E-state index >= 15 is 0 Å². The topological polar surface area (TPSA) is 0 Å². The molecule has 0 unspecified atom stereocenters. The molecule has 17 heavy (non-hydrogen) atoms. The van der Waals surface area contributed by atoms with E-state index in [1.807, 2.05) is 0 Å². The molecular weight excluding hydrogens is 236 g/mol. The number of rotatable bonds is 6. The van der Waals surface area contributed by atoms with Crippen LogP contribution in [0.3, 0.4) is 0 Å². The second kappa shape index (κ2) is 6.05. The van der Waals surface area contributed by atoms with Crippen LogP contribution in [0.25, 0.3) is 0 Å². The summed E-state index contributed by atoms with van der Waals surface area (Å²) in [5.41, 5.74) is 2.72. The van der Waals surface area contributed by atoms with Crippen molar-refractivity contribution in [3.05, 3.63) is 0 Å². The van der Waals surface area contributed by atoms with Crippen molar-refractivity contribution in [2.45, 2.75) is 96.2 Å². The molecule has 1 radical (unpaired) electrons. The van der Waals surface area contributed by atoms with Gasteiger partial charge in [0.2, 0.25) is 0 Å². The smallest absolute Gasteiger partial charge is 0.0615 e. The van der Waals surface area contributed by atoms with Crippen molar-refractivity contribution in [2.75, 3.05) is 0 Å². The highest BCUT2D eigenvalue weighted by molar-refractivity contribution is 6.84. The predicted octanol–water partition coefficient (Wildman–Crippen LogP) is 6.20. The zero-order chi connectivity index (χ0) is 14.0. The highest BCUT2D eigenvalue weighted by Crippen LogP contribution is 2.52. The van der Waals surface area contributed by atoms with Crippen molar-refractivity contribution >= 4 is 16.9 Å². The summed E-state index contributed by atoms with van der Waals surface area (Å²) in [7, 11) is -1.41. The SMILES string of the molecule is CC(C)[Si](CC(C)(C)[Si](C)C)(C(C)C)C(C)C. The van der Waals surface area contributed by atoms with Crippen molar-refractivity contribution in [1.29, 1.82) is 0 Å². The van der Waals surface area contributed by atoms with Crippen LogP contribution in [0.1, 0.15) is 55.4 Å². The molecule has 2 heteroatoms. The van der Waals surface area contributed by atoms with Crippen LogP contribution < -0.4 is 0 Å². The second-order valence-corrected chi connectivity index (χ2v) is 17.0.